The number of carbonyl (C=O) groups excluding carboxylic acids is 2. The van der Waals surface area contributed by atoms with Crippen LogP contribution in [0.1, 0.15) is 39.4 Å². The molecule has 4 rings (SSSR count). The molecular weight excluding hydrogens is 304 g/mol. The summed E-state index contributed by atoms with van der Waals surface area (Å²) >= 11 is 0. The van der Waals surface area contributed by atoms with Crippen LogP contribution in [-0.2, 0) is 6.54 Å². The number of aryl methyl sites for hydroxylation is 1. The third-order valence-corrected chi connectivity index (χ3v) is 4.59. The topological polar surface area (TPSA) is 67.2 Å². The van der Waals surface area contributed by atoms with Crippen molar-refractivity contribution in [2.75, 3.05) is 18.4 Å². The summed E-state index contributed by atoms with van der Waals surface area (Å²) in [6, 6.07) is 9.18. The van der Waals surface area contributed by atoms with E-state index in [-0.39, 0.29) is 17.5 Å². The minimum Gasteiger partial charge on any atom is -0.335 e. The second-order valence-corrected chi connectivity index (χ2v) is 6.65. The lowest BCUT2D eigenvalue weighted by Crippen LogP contribution is -2.41. The second-order valence-electron chi connectivity index (χ2n) is 6.65. The summed E-state index contributed by atoms with van der Waals surface area (Å²) in [6.45, 7) is 4.14. The Balaban J connectivity index is 1.50. The predicted octanol–water partition coefficient (Wildman–Crippen LogP) is 2.31. The van der Waals surface area contributed by atoms with Crippen molar-refractivity contribution in [1.82, 2.24) is 14.7 Å². The van der Waals surface area contributed by atoms with E-state index in [1.165, 1.54) is 12.8 Å². The Labute approximate surface area is 140 Å². The van der Waals surface area contributed by atoms with Gasteiger partial charge in [0.25, 0.3) is 11.8 Å². The van der Waals surface area contributed by atoms with Crippen molar-refractivity contribution in [3.63, 3.8) is 0 Å². The Hall–Kier alpha value is -2.63. The summed E-state index contributed by atoms with van der Waals surface area (Å²) < 4.78 is 1.65. The standard InChI is InChI=1S/C18H20N4O2/c1-12-2-6-14(7-3-12)19-17(23)15-10-16-18(24)21(11-13-4-5-13)8-9-22(16)20-15/h2-3,6-7,10,13H,4-5,8-9,11H2,1H3,(H,19,23). The molecule has 0 spiro atoms. The highest BCUT2D eigenvalue weighted by molar-refractivity contribution is 6.04. The summed E-state index contributed by atoms with van der Waals surface area (Å²) in [6.07, 6.45) is 2.43. The van der Waals surface area contributed by atoms with E-state index in [1.807, 2.05) is 36.1 Å². The molecule has 6 heteroatoms. The molecule has 1 aromatic carbocycles. The van der Waals surface area contributed by atoms with Crippen LogP contribution in [0.25, 0.3) is 0 Å². The van der Waals surface area contributed by atoms with Gasteiger partial charge < -0.3 is 10.2 Å². The lowest BCUT2D eigenvalue weighted by molar-refractivity contribution is 0.0688. The Kier molecular flexibility index (Phi) is 3.59. The highest BCUT2D eigenvalue weighted by Gasteiger charge is 2.32. The quantitative estimate of drug-likeness (QED) is 0.938. The Morgan fingerprint density at radius 1 is 1.25 bits per heavy atom. The fourth-order valence-corrected chi connectivity index (χ4v) is 2.97. The second kappa shape index (κ2) is 5.78. The van der Waals surface area contributed by atoms with Crippen molar-refractivity contribution in [1.29, 1.82) is 0 Å². The maximum atomic E-state index is 12.5. The number of carbonyl (C=O) groups is 2. The van der Waals surface area contributed by atoms with Gasteiger partial charge in [-0.05, 0) is 37.8 Å². The summed E-state index contributed by atoms with van der Waals surface area (Å²) in [4.78, 5) is 26.8. The first-order chi connectivity index (χ1) is 11.6. The first-order valence-corrected chi connectivity index (χ1v) is 8.35. The van der Waals surface area contributed by atoms with E-state index in [9.17, 15) is 9.59 Å². The van der Waals surface area contributed by atoms with Gasteiger partial charge in [-0.15, -0.1) is 0 Å². The van der Waals surface area contributed by atoms with Crippen LogP contribution in [0.4, 0.5) is 5.69 Å². The number of benzene rings is 1. The fraction of sp³-hybridized carbons (Fsp3) is 0.389. The molecule has 2 aliphatic rings. The first kappa shape index (κ1) is 14.9. The molecule has 1 saturated carbocycles. The molecule has 2 amide bonds. The molecule has 6 nitrogen and oxygen atoms in total. The number of amides is 2. The van der Waals surface area contributed by atoms with Crippen molar-refractivity contribution in [2.45, 2.75) is 26.3 Å². The van der Waals surface area contributed by atoms with Gasteiger partial charge in [-0.25, -0.2) is 0 Å². The predicted molar refractivity (Wildman–Crippen MR) is 90.0 cm³/mol. The van der Waals surface area contributed by atoms with Gasteiger partial charge in [0, 0.05) is 24.8 Å². The smallest absolute Gasteiger partial charge is 0.276 e. The van der Waals surface area contributed by atoms with Crippen LogP contribution in [0.3, 0.4) is 0 Å². The minimum absolute atomic E-state index is 0.0185. The molecule has 0 atom stereocenters. The highest BCUT2D eigenvalue weighted by atomic mass is 16.2. The molecule has 24 heavy (non-hydrogen) atoms. The molecule has 0 bridgehead atoms. The molecule has 0 saturated heterocycles. The number of rotatable bonds is 4. The molecule has 1 fully saturated rings. The Morgan fingerprint density at radius 2 is 2.00 bits per heavy atom. The third-order valence-electron chi connectivity index (χ3n) is 4.59. The molecule has 1 aliphatic heterocycles. The Bertz CT molecular complexity index is 790. The average molecular weight is 324 g/mol. The Morgan fingerprint density at radius 3 is 2.71 bits per heavy atom. The van der Waals surface area contributed by atoms with E-state index in [4.69, 9.17) is 0 Å². The molecular formula is C18H20N4O2. The number of fused-ring (bicyclic) bond motifs is 1. The van der Waals surface area contributed by atoms with Crippen molar-refractivity contribution < 1.29 is 9.59 Å². The zero-order chi connectivity index (χ0) is 16.7. The van der Waals surface area contributed by atoms with E-state index in [1.54, 1.807) is 10.7 Å². The molecule has 2 aromatic rings. The van der Waals surface area contributed by atoms with E-state index in [0.29, 0.717) is 24.7 Å². The number of nitrogens with zero attached hydrogens (tertiary/aromatic N) is 3. The maximum Gasteiger partial charge on any atom is 0.276 e. The van der Waals surface area contributed by atoms with Crippen LogP contribution in [0.15, 0.2) is 30.3 Å². The SMILES string of the molecule is Cc1ccc(NC(=O)c2cc3n(n2)CCN(CC2CC2)C3=O)cc1. The van der Waals surface area contributed by atoms with Crippen LogP contribution in [0.2, 0.25) is 0 Å². The van der Waals surface area contributed by atoms with Gasteiger partial charge in [0.05, 0.1) is 6.54 Å². The number of anilines is 1. The summed E-state index contributed by atoms with van der Waals surface area (Å²) in [5.74, 6) is 0.352. The van der Waals surface area contributed by atoms with E-state index in [2.05, 4.69) is 10.4 Å². The highest BCUT2D eigenvalue weighted by Crippen LogP contribution is 2.30. The number of hydrogen-bond donors (Lipinski definition) is 1. The average Bonchev–Trinajstić information content (AvgIpc) is 3.27. The largest absolute Gasteiger partial charge is 0.335 e. The van der Waals surface area contributed by atoms with Crippen LogP contribution in [0, 0.1) is 12.8 Å². The summed E-state index contributed by atoms with van der Waals surface area (Å²) in [7, 11) is 0. The van der Waals surface area contributed by atoms with Crippen LogP contribution < -0.4 is 5.32 Å². The number of hydrogen-bond acceptors (Lipinski definition) is 3. The maximum absolute atomic E-state index is 12.5. The lowest BCUT2D eigenvalue weighted by atomic mass is 10.2. The van der Waals surface area contributed by atoms with Gasteiger partial charge in [0.15, 0.2) is 5.69 Å². The normalized spacial score (nSPS) is 16.9. The van der Waals surface area contributed by atoms with Gasteiger partial charge in [0.2, 0.25) is 0 Å². The van der Waals surface area contributed by atoms with Gasteiger partial charge in [0.1, 0.15) is 5.69 Å². The minimum atomic E-state index is -0.290. The molecule has 124 valence electrons. The fourth-order valence-electron chi connectivity index (χ4n) is 2.97. The van der Waals surface area contributed by atoms with E-state index in [0.717, 1.165) is 17.8 Å². The monoisotopic (exact) mass is 324 g/mol. The lowest BCUT2D eigenvalue weighted by Gasteiger charge is -2.27. The summed E-state index contributed by atoms with van der Waals surface area (Å²) in [5.41, 5.74) is 2.65. The van der Waals surface area contributed by atoms with E-state index < -0.39 is 0 Å². The zero-order valence-corrected chi connectivity index (χ0v) is 13.7. The first-order valence-electron chi connectivity index (χ1n) is 8.35. The molecule has 1 N–H and O–H groups in total. The van der Waals surface area contributed by atoms with Crippen LogP contribution >= 0.6 is 0 Å². The number of aromatic nitrogens is 2. The van der Waals surface area contributed by atoms with Crippen molar-refractivity contribution >= 4 is 17.5 Å². The zero-order valence-electron chi connectivity index (χ0n) is 13.7. The van der Waals surface area contributed by atoms with Gasteiger partial charge >= 0.3 is 0 Å². The molecule has 0 unspecified atom stereocenters. The molecule has 2 heterocycles. The molecule has 1 aliphatic carbocycles. The molecule has 0 radical (unpaired) electrons. The van der Waals surface area contributed by atoms with Gasteiger partial charge in [-0.3, -0.25) is 14.3 Å². The number of nitrogens with one attached hydrogen (secondary N) is 1. The van der Waals surface area contributed by atoms with Crippen molar-refractivity contribution in [2.24, 2.45) is 5.92 Å². The third kappa shape index (κ3) is 2.91. The molecule has 1 aromatic heterocycles. The van der Waals surface area contributed by atoms with Crippen LogP contribution in [0.5, 0.6) is 0 Å². The van der Waals surface area contributed by atoms with Gasteiger partial charge in [-0.2, -0.15) is 5.10 Å². The van der Waals surface area contributed by atoms with E-state index >= 15 is 0 Å². The van der Waals surface area contributed by atoms with Crippen molar-refractivity contribution in [3.8, 4) is 0 Å². The van der Waals surface area contributed by atoms with Crippen molar-refractivity contribution in [3.05, 3.63) is 47.3 Å². The summed E-state index contributed by atoms with van der Waals surface area (Å²) in [5, 5.41) is 7.12. The van der Waals surface area contributed by atoms with Crippen LogP contribution in [-0.4, -0.2) is 39.6 Å². The van der Waals surface area contributed by atoms with Gasteiger partial charge in [-0.1, -0.05) is 17.7 Å².